The maximum Gasteiger partial charge on any atom is 0.315 e. The fourth-order valence-corrected chi connectivity index (χ4v) is 2.08. The molecule has 0 aromatic heterocycles. The van der Waals surface area contributed by atoms with Crippen molar-refractivity contribution in [3.63, 3.8) is 0 Å². The maximum atomic E-state index is 11.6. The summed E-state index contributed by atoms with van der Waals surface area (Å²) in [6, 6.07) is 7.75. The number of carbonyl (C=O) groups is 1. The van der Waals surface area contributed by atoms with E-state index in [0.717, 1.165) is 10.0 Å². The first-order valence-corrected chi connectivity index (χ1v) is 6.58. The number of nitrogens with one attached hydrogen (secondary N) is 2. The van der Waals surface area contributed by atoms with E-state index < -0.39 is 0 Å². The molecular formula is C13H19BrN2O. The van der Waals surface area contributed by atoms with Gasteiger partial charge in [0.25, 0.3) is 0 Å². The average Bonchev–Trinajstić information content (AvgIpc) is 2.26. The topological polar surface area (TPSA) is 41.1 Å². The van der Waals surface area contributed by atoms with Crippen molar-refractivity contribution in [1.82, 2.24) is 10.6 Å². The van der Waals surface area contributed by atoms with Gasteiger partial charge in [-0.2, -0.15) is 0 Å². The Hall–Kier alpha value is -1.03. The lowest BCUT2D eigenvalue weighted by Crippen LogP contribution is -2.38. The number of carbonyl (C=O) groups excluding carboxylic acids is 1. The molecule has 0 aliphatic rings. The largest absolute Gasteiger partial charge is 0.338 e. The molecule has 4 heteroatoms. The quantitative estimate of drug-likeness (QED) is 0.878. The molecular weight excluding hydrogens is 280 g/mol. The highest BCUT2D eigenvalue weighted by atomic mass is 79.9. The molecule has 0 radical (unpaired) electrons. The molecule has 2 amide bonds. The van der Waals surface area contributed by atoms with Crippen molar-refractivity contribution in [2.45, 2.75) is 26.8 Å². The van der Waals surface area contributed by atoms with E-state index in [-0.39, 0.29) is 12.1 Å². The molecule has 0 saturated heterocycles. The van der Waals surface area contributed by atoms with E-state index in [4.69, 9.17) is 0 Å². The van der Waals surface area contributed by atoms with Gasteiger partial charge in [0.05, 0.1) is 6.04 Å². The number of benzene rings is 1. The van der Waals surface area contributed by atoms with Crippen LogP contribution >= 0.6 is 15.9 Å². The van der Waals surface area contributed by atoms with Crippen molar-refractivity contribution < 1.29 is 4.79 Å². The van der Waals surface area contributed by atoms with Gasteiger partial charge in [-0.25, -0.2) is 4.79 Å². The van der Waals surface area contributed by atoms with Crippen LogP contribution < -0.4 is 10.6 Å². The standard InChI is InChI=1S/C13H19BrN2O/c1-9(2)8-15-13(17)16-10(3)11-6-4-5-7-12(11)14/h4-7,9-10H,8H2,1-3H3,(H2,15,16,17). The van der Waals surface area contributed by atoms with Crippen LogP contribution in [0.2, 0.25) is 0 Å². The van der Waals surface area contributed by atoms with Crippen molar-refractivity contribution >= 4 is 22.0 Å². The van der Waals surface area contributed by atoms with Gasteiger partial charge in [-0.3, -0.25) is 0 Å². The molecule has 94 valence electrons. The number of hydrogen-bond donors (Lipinski definition) is 2. The minimum atomic E-state index is -0.123. The highest BCUT2D eigenvalue weighted by Gasteiger charge is 2.11. The van der Waals surface area contributed by atoms with Crippen LogP contribution in [-0.2, 0) is 0 Å². The van der Waals surface area contributed by atoms with Gasteiger partial charge in [0.2, 0.25) is 0 Å². The molecule has 1 rings (SSSR count). The summed E-state index contributed by atoms with van der Waals surface area (Å²) in [6.07, 6.45) is 0. The van der Waals surface area contributed by atoms with Crippen LogP contribution in [0.3, 0.4) is 0 Å². The summed E-state index contributed by atoms with van der Waals surface area (Å²) in [6.45, 7) is 6.79. The van der Waals surface area contributed by atoms with Gasteiger partial charge < -0.3 is 10.6 Å². The van der Waals surface area contributed by atoms with Gasteiger partial charge in [0.1, 0.15) is 0 Å². The molecule has 0 spiro atoms. The first-order valence-electron chi connectivity index (χ1n) is 5.79. The zero-order valence-corrected chi connectivity index (χ0v) is 12.0. The zero-order chi connectivity index (χ0) is 12.8. The van der Waals surface area contributed by atoms with E-state index in [2.05, 4.69) is 40.4 Å². The second-order valence-corrected chi connectivity index (χ2v) is 5.35. The van der Waals surface area contributed by atoms with Crippen LogP contribution in [0.25, 0.3) is 0 Å². The number of amides is 2. The van der Waals surface area contributed by atoms with Gasteiger partial charge in [0.15, 0.2) is 0 Å². The van der Waals surface area contributed by atoms with Crippen LogP contribution in [0.4, 0.5) is 4.79 Å². The normalized spacial score (nSPS) is 12.3. The highest BCUT2D eigenvalue weighted by molar-refractivity contribution is 9.10. The SMILES string of the molecule is CC(C)CNC(=O)NC(C)c1ccccc1Br. The highest BCUT2D eigenvalue weighted by Crippen LogP contribution is 2.22. The Balaban J connectivity index is 2.52. The Morgan fingerprint density at radius 2 is 1.94 bits per heavy atom. The van der Waals surface area contributed by atoms with Crippen molar-refractivity contribution in [1.29, 1.82) is 0 Å². The van der Waals surface area contributed by atoms with E-state index in [9.17, 15) is 4.79 Å². The summed E-state index contributed by atoms with van der Waals surface area (Å²) in [7, 11) is 0. The second kappa shape index (κ2) is 6.64. The van der Waals surface area contributed by atoms with Crippen LogP contribution in [-0.4, -0.2) is 12.6 Å². The van der Waals surface area contributed by atoms with Crippen LogP contribution in [0, 0.1) is 5.92 Å². The monoisotopic (exact) mass is 298 g/mol. The van der Waals surface area contributed by atoms with Gasteiger partial charge >= 0.3 is 6.03 Å². The Kier molecular flexibility index (Phi) is 5.48. The van der Waals surface area contributed by atoms with E-state index in [1.54, 1.807) is 0 Å². The Labute approximate surface area is 111 Å². The summed E-state index contributed by atoms with van der Waals surface area (Å²) in [5, 5.41) is 5.75. The molecule has 1 atom stereocenters. The summed E-state index contributed by atoms with van der Waals surface area (Å²) in [5.41, 5.74) is 1.08. The molecule has 0 aliphatic carbocycles. The van der Waals surface area contributed by atoms with Crippen molar-refractivity contribution in [2.24, 2.45) is 5.92 Å². The summed E-state index contributed by atoms with van der Waals surface area (Å²) >= 11 is 3.48. The van der Waals surface area contributed by atoms with E-state index in [1.807, 2.05) is 31.2 Å². The van der Waals surface area contributed by atoms with Gasteiger partial charge in [-0.05, 0) is 24.5 Å². The third-order valence-corrected chi connectivity index (χ3v) is 3.11. The van der Waals surface area contributed by atoms with Crippen molar-refractivity contribution in [2.75, 3.05) is 6.54 Å². The minimum absolute atomic E-state index is 0.0160. The van der Waals surface area contributed by atoms with Crippen molar-refractivity contribution in [3.8, 4) is 0 Å². The van der Waals surface area contributed by atoms with E-state index >= 15 is 0 Å². The Bertz CT molecular complexity index is 379. The average molecular weight is 299 g/mol. The molecule has 2 N–H and O–H groups in total. The molecule has 0 fully saturated rings. The number of hydrogen-bond acceptors (Lipinski definition) is 1. The fraction of sp³-hybridized carbons (Fsp3) is 0.462. The van der Waals surface area contributed by atoms with Crippen LogP contribution in [0.5, 0.6) is 0 Å². The number of rotatable bonds is 4. The first kappa shape index (κ1) is 14.0. The number of urea groups is 1. The Morgan fingerprint density at radius 1 is 1.29 bits per heavy atom. The summed E-state index contributed by atoms with van der Waals surface area (Å²) in [5.74, 6) is 0.458. The predicted molar refractivity (Wildman–Crippen MR) is 73.9 cm³/mol. The van der Waals surface area contributed by atoms with Gasteiger partial charge in [-0.15, -0.1) is 0 Å². The first-order chi connectivity index (χ1) is 8.00. The smallest absolute Gasteiger partial charge is 0.315 e. The van der Waals surface area contributed by atoms with Crippen LogP contribution in [0.1, 0.15) is 32.4 Å². The molecule has 0 saturated carbocycles. The molecule has 1 aromatic carbocycles. The minimum Gasteiger partial charge on any atom is -0.338 e. The molecule has 1 unspecified atom stereocenters. The lowest BCUT2D eigenvalue weighted by Gasteiger charge is -2.17. The molecule has 0 aliphatic heterocycles. The Morgan fingerprint density at radius 3 is 2.53 bits per heavy atom. The van der Waals surface area contributed by atoms with Gasteiger partial charge in [0, 0.05) is 11.0 Å². The summed E-state index contributed by atoms with van der Waals surface area (Å²) < 4.78 is 1.01. The summed E-state index contributed by atoms with van der Waals surface area (Å²) in [4.78, 5) is 11.6. The maximum absolute atomic E-state index is 11.6. The molecule has 17 heavy (non-hydrogen) atoms. The fourth-order valence-electron chi connectivity index (χ4n) is 1.45. The zero-order valence-electron chi connectivity index (χ0n) is 10.5. The second-order valence-electron chi connectivity index (χ2n) is 4.49. The molecule has 3 nitrogen and oxygen atoms in total. The molecule has 0 heterocycles. The van der Waals surface area contributed by atoms with Gasteiger partial charge in [-0.1, -0.05) is 48.0 Å². The lowest BCUT2D eigenvalue weighted by molar-refractivity contribution is 0.236. The molecule has 0 bridgehead atoms. The molecule has 1 aromatic rings. The van der Waals surface area contributed by atoms with Crippen LogP contribution in [0.15, 0.2) is 28.7 Å². The van der Waals surface area contributed by atoms with E-state index in [0.29, 0.717) is 12.5 Å². The van der Waals surface area contributed by atoms with Crippen molar-refractivity contribution in [3.05, 3.63) is 34.3 Å². The lowest BCUT2D eigenvalue weighted by atomic mass is 10.1. The predicted octanol–water partition coefficient (Wildman–Crippen LogP) is 3.47. The van der Waals surface area contributed by atoms with E-state index in [1.165, 1.54) is 0 Å². The third kappa shape index (κ3) is 4.77. The number of halogens is 1. The third-order valence-electron chi connectivity index (χ3n) is 2.39.